The summed E-state index contributed by atoms with van der Waals surface area (Å²) in [5.41, 5.74) is 13.0. The van der Waals surface area contributed by atoms with Crippen molar-refractivity contribution >= 4 is 74.2 Å². The first-order valence-electron chi connectivity index (χ1n) is 19.3. The Bertz CT molecular complexity index is 3050. The van der Waals surface area contributed by atoms with Gasteiger partial charge in [-0.3, -0.25) is 4.79 Å². The van der Waals surface area contributed by atoms with Gasteiger partial charge in [0.1, 0.15) is 6.29 Å². The quantitative estimate of drug-likeness (QED) is 0.121. The highest BCUT2D eigenvalue weighted by Crippen LogP contribution is 2.33. The molecule has 10 rings (SSSR count). The summed E-state index contributed by atoms with van der Waals surface area (Å²) in [5, 5.41) is 14.0. The molecule has 0 atom stereocenters. The first kappa shape index (κ1) is 35.7. The minimum absolute atomic E-state index is 0.678. The lowest BCUT2D eigenvalue weighted by atomic mass is 10.1. The van der Waals surface area contributed by atoms with Crippen molar-refractivity contribution in [2.24, 2.45) is 0 Å². The maximum atomic E-state index is 10.8. The zero-order valence-electron chi connectivity index (χ0n) is 31.6. The minimum Gasteiger partial charge on any atom is -0.309 e. The third-order valence-electron chi connectivity index (χ3n) is 10.5. The summed E-state index contributed by atoms with van der Waals surface area (Å²) in [6, 6.07) is 68.7. The van der Waals surface area contributed by atoms with E-state index in [9.17, 15) is 4.79 Å². The molecule has 0 spiro atoms. The predicted molar refractivity (Wildman–Crippen MR) is 242 cm³/mol. The summed E-state index contributed by atoms with van der Waals surface area (Å²) in [6.07, 6.45) is 9.17. The maximum absolute atomic E-state index is 10.8. The third-order valence-corrected chi connectivity index (χ3v) is 10.5. The number of para-hydroxylation sites is 4. The van der Waals surface area contributed by atoms with E-state index < -0.39 is 0 Å². The largest absolute Gasteiger partial charge is 0.309 e. The average molecular weight is 744 g/mol. The zero-order chi connectivity index (χ0) is 39.3. The molecule has 0 aliphatic carbocycles. The molecule has 2 heterocycles. The molecule has 274 valence electrons. The van der Waals surface area contributed by atoms with Crippen LogP contribution in [-0.2, 0) is 0 Å². The van der Waals surface area contributed by atoms with Gasteiger partial charge in [-0.05, 0) is 82.9 Å². The van der Waals surface area contributed by atoms with Crippen LogP contribution in [0.25, 0.3) is 79.3 Å². The lowest BCUT2D eigenvalue weighted by Gasteiger charge is -2.08. The van der Waals surface area contributed by atoms with Gasteiger partial charge in [-0.15, -0.1) is 0 Å². The molecule has 0 saturated carbocycles. The van der Waals surface area contributed by atoms with Crippen LogP contribution < -0.4 is 0 Å². The Morgan fingerprint density at radius 1 is 0.345 bits per heavy atom. The third kappa shape index (κ3) is 7.12. The van der Waals surface area contributed by atoms with Gasteiger partial charge < -0.3 is 9.13 Å². The van der Waals surface area contributed by atoms with Crippen LogP contribution in [0.15, 0.2) is 194 Å². The fourth-order valence-corrected chi connectivity index (χ4v) is 7.61. The Morgan fingerprint density at radius 3 is 0.931 bits per heavy atom. The molecule has 10 aromatic rings. The van der Waals surface area contributed by atoms with Crippen LogP contribution in [0.2, 0.25) is 0 Å². The average Bonchev–Trinajstić information content (AvgIpc) is 3.82. The summed E-state index contributed by atoms with van der Waals surface area (Å²) < 4.78 is 4.63. The Hall–Kier alpha value is -8.00. The second kappa shape index (κ2) is 16.0. The number of hydrogen-bond acceptors (Lipinski definition) is 2. The smallest absolute Gasteiger partial charge is 0.150 e. The van der Waals surface area contributed by atoms with E-state index in [2.05, 4.69) is 185 Å². The van der Waals surface area contributed by atoms with Crippen LogP contribution in [0.3, 0.4) is 0 Å². The summed E-state index contributed by atoms with van der Waals surface area (Å²) in [4.78, 5) is 10.8. The number of hydrogen-bond donors (Lipinski definition) is 0. The summed E-state index contributed by atoms with van der Waals surface area (Å²) >= 11 is 0. The number of nitrogens with zero attached hydrogens (tertiary/aromatic N) is 3. The first-order valence-corrected chi connectivity index (χ1v) is 19.3. The van der Waals surface area contributed by atoms with Crippen LogP contribution in [0.4, 0.5) is 0 Å². The number of rotatable bonds is 7. The van der Waals surface area contributed by atoms with Gasteiger partial charge in [0.25, 0.3) is 0 Å². The molecule has 0 saturated heterocycles. The second-order valence-corrected chi connectivity index (χ2v) is 14.1. The summed E-state index contributed by atoms with van der Waals surface area (Å²) in [5.74, 6) is 0. The molecule has 4 heteroatoms. The van der Waals surface area contributed by atoms with E-state index in [0.29, 0.717) is 11.1 Å². The van der Waals surface area contributed by atoms with E-state index in [4.69, 9.17) is 5.26 Å². The molecule has 0 fully saturated rings. The second-order valence-electron chi connectivity index (χ2n) is 14.1. The highest BCUT2D eigenvalue weighted by atomic mass is 16.1. The SMILES string of the molecule is N#Cc1ccc(/C=C/c2ccc(-n3c4ccccc4c4ccccc43)cc2)cc1.O=Cc1ccc(/C=C/c2ccc(-n3c4ccccc4c4ccccc43)cc2)cc1. The van der Waals surface area contributed by atoms with Gasteiger partial charge in [0.05, 0.1) is 33.7 Å². The summed E-state index contributed by atoms with van der Waals surface area (Å²) in [6.45, 7) is 0. The molecule has 0 bridgehead atoms. The van der Waals surface area contributed by atoms with E-state index in [1.807, 2.05) is 48.5 Å². The standard InChI is InChI=1S/C27H18N2.C27H19NO/c28-19-22-13-11-20(12-14-22)9-10-21-15-17-23(18-16-21)29-26-7-3-1-5-24(26)25-6-2-4-8-27(25)29;29-19-22-13-11-20(12-14-22)9-10-21-15-17-23(18-16-21)28-26-7-3-1-5-24(26)25-6-2-4-8-27(25)28/h1-18H;1-19H/b2*10-9+. The Kier molecular flexibility index (Phi) is 9.84. The van der Waals surface area contributed by atoms with Gasteiger partial charge in [-0.25, -0.2) is 0 Å². The molecule has 0 unspecified atom stereocenters. The van der Waals surface area contributed by atoms with Crippen molar-refractivity contribution in [2.45, 2.75) is 0 Å². The molecule has 58 heavy (non-hydrogen) atoms. The number of benzene rings is 8. The van der Waals surface area contributed by atoms with E-state index in [0.717, 1.165) is 39.9 Å². The van der Waals surface area contributed by atoms with Crippen molar-refractivity contribution in [3.8, 4) is 17.4 Å². The number of nitriles is 1. The van der Waals surface area contributed by atoms with Crippen LogP contribution in [0.5, 0.6) is 0 Å². The predicted octanol–water partition coefficient (Wildman–Crippen LogP) is 13.6. The van der Waals surface area contributed by atoms with Crippen molar-refractivity contribution in [2.75, 3.05) is 0 Å². The van der Waals surface area contributed by atoms with Gasteiger partial charge in [-0.1, -0.05) is 158 Å². The van der Waals surface area contributed by atoms with Crippen molar-refractivity contribution in [1.82, 2.24) is 9.13 Å². The van der Waals surface area contributed by atoms with Crippen molar-refractivity contribution in [3.63, 3.8) is 0 Å². The monoisotopic (exact) mass is 743 g/mol. The fourth-order valence-electron chi connectivity index (χ4n) is 7.61. The van der Waals surface area contributed by atoms with E-state index in [-0.39, 0.29) is 0 Å². The Balaban J connectivity index is 0.000000150. The normalized spacial score (nSPS) is 11.4. The molecule has 8 aromatic carbocycles. The fraction of sp³-hybridized carbons (Fsp3) is 0. The molecule has 0 aliphatic rings. The van der Waals surface area contributed by atoms with Crippen LogP contribution in [0.1, 0.15) is 38.2 Å². The molecule has 4 nitrogen and oxygen atoms in total. The van der Waals surface area contributed by atoms with Crippen LogP contribution >= 0.6 is 0 Å². The van der Waals surface area contributed by atoms with Crippen molar-refractivity contribution in [1.29, 1.82) is 5.26 Å². The van der Waals surface area contributed by atoms with Crippen molar-refractivity contribution in [3.05, 3.63) is 228 Å². The van der Waals surface area contributed by atoms with E-state index in [1.165, 1.54) is 43.6 Å². The van der Waals surface area contributed by atoms with Crippen molar-refractivity contribution < 1.29 is 4.79 Å². The number of carbonyl (C=O) groups is 1. The number of fused-ring (bicyclic) bond motifs is 6. The van der Waals surface area contributed by atoms with Gasteiger partial charge in [0, 0.05) is 38.5 Å². The molecular formula is C54H37N3O. The molecule has 0 radical (unpaired) electrons. The first-order chi connectivity index (χ1) is 28.7. The highest BCUT2D eigenvalue weighted by Gasteiger charge is 2.12. The van der Waals surface area contributed by atoms with Gasteiger partial charge in [0.15, 0.2) is 0 Å². The minimum atomic E-state index is 0.678. The molecule has 0 N–H and O–H groups in total. The number of aromatic nitrogens is 2. The zero-order valence-corrected chi connectivity index (χ0v) is 31.6. The van der Waals surface area contributed by atoms with Gasteiger partial charge in [0.2, 0.25) is 0 Å². The number of aldehydes is 1. The number of carbonyl (C=O) groups excluding carboxylic acids is 1. The Labute approximate surface area is 337 Å². The Morgan fingerprint density at radius 2 is 0.621 bits per heavy atom. The van der Waals surface area contributed by atoms with Gasteiger partial charge in [-0.2, -0.15) is 5.26 Å². The molecule has 2 aromatic heterocycles. The van der Waals surface area contributed by atoms with Gasteiger partial charge >= 0.3 is 0 Å². The lowest BCUT2D eigenvalue weighted by Crippen LogP contribution is -1.93. The van der Waals surface area contributed by atoms with Crippen LogP contribution in [0, 0.1) is 11.3 Å². The molecule has 0 amide bonds. The van der Waals surface area contributed by atoms with E-state index in [1.54, 1.807) is 0 Å². The van der Waals surface area contributed by atoms with E-state index >= 15 is 0 Å². The molecular weight excluding hydrogens is 707 g/mol. The topological polar surface area (TPSA) is 50.7 Å². The highest BCUT2D eigenvalue weighted by molar-refractivity contribution is 6.10. The lowest BCUT2D eigenvalue weighted by molar-refractivity contribution is 0.112. The maximum Gasteiger partial charge on any atom is 0.150 e. The summed E-state index contributed by atoms with van der Waals surface area (Å²) in [7, 11) is 0. The van der Waals surface area contributed by atoms with Crippen LogP contribution in [-0.4, -0.2) is 15.4 Å². The molecule has 0 aliphatic heterocycles.